The summed E-state index contributed by atoms with van der Waals surface area (Å²) in [7, 11) is 0. The van der Waals surface area contributed by atoms with Gasteiger partial charge < -0.3 is 5.11 Å². The van der Waals surface area contributed by atoms with Crippen molar-refractivity contribution in [3.8, 4) is 0 Å². The highest BCUT2D eigenvalue weighted by Gasteiger charge is 2.13. The quantitative estimate of drug-likeness (QED) is 0.770. The minimum atomic E-state index is -0.323. The first-order valence-corrected chi connectivity index (χ1v) is 6.16. The van der Waals surface area contributed by atoms with Gasteiger partial charge in [-0.1, -0.05) is 30.3 Å². The third-order valence-corrected chi connectivity index (χ3v) is 3.16. The first-order valence-electron chi connectivity index (χ1n) is 6.16. The number of aliphatic hydroxyl groups is 1. The van der Waals surface area contributed by atoms with E-state index in [1.165, 1.54) is 19.3 Å². The molecule has 0 saturated carbocycles. The molecule has 0 radical (unpaired) electrons. The SMILES string of the molecule is OC(CC[N+]1=CCCCC1)c1ccccc1. The van der Waals surface area contributed by atoms with E-state index in [4.69, 9.17) is 0 Å². The van der Waals surface area contributed by atoms with Gasteiger partial charge in [-0.3, -0.25) is 0 Å². The lowest BCUT2D eigenvalue weighted by Gasteiger charge is -2.12. The molecule has 1 N–H and O–H groups in total. The van der Waals surface area contributed by atoms with E-state index in [2.05, 4.69) is 10.8 Å². The molecule has 1 aromatic carbocycles. The maximum Gasteiger partial charge on any atom is 0.145 e. The molecular formula is C14H20NO+. The fraction of sp³-hybridized carbons (Fsp3) is 0.500. The molecule has 0 spiro atoms. The number of nitrogens with zero attached hydrogens (tertiary/aromatic N) is 1. The molecule has 86 valence electrons. The fourth-order valence-corrected chi connectivity index (χ4v) is 2.16. The Morgan fingerprint density at radius 1 is 1.19 bits per heavy atom. The van der Waals surface area contributed by atoms with Crippen LogP contribution in [0.15, 0.2) is 30.3 Å². The van der Waals surface area contributed by atoms with Crippen LogP contribution in [0, 0.1) is 0 Å². The zero-order chi connectivity index (χ0) is 11.2. The molecule has 0 fully saturated rings. The van der Waals surface area contributed by atoms with Crippen LogP contribution in [0.25, 0.3) is 0 Å². The van der Waals surface area contributed by atoms with Crippen LogP contribution in [0.3, 0.4) is 0 Å². The van der Waals surface area contributed by atoms with Crippen LogP contribution in [0.2, 0.25) is 0 Å². The van der Waals surface area contributed by atoms with Gasteiger partial charge in [0, 0.05) is 19.3 Å². The lowest BCUT2D eigenvalue weighted by atomic mass is 10.1. The van der Waals surface area contributed by atoms with Crippen LogP contribution in [-0.4, -0.2) is 29.0 Å². The lowest BCUT2D eigenvalue weighted by molar-refractivity contribution is -0.530. The average Bonchev–Trinajstić information content (AvgIpc) is 2.38. The molecule has 0 amide bonds. The molecule has 1 unspecified atom stereocenters. The van der Waals surface area contributed by atoms with E-state index in [1.807, 2.05) is 30.3 Å². The van der Waals surface area contributed by atoms with Gasteiger partial charge in [-0.15, -0.1) is 0 Å². The van der Waals surface area contributed by atoms with Crippen LogP contribution in [-0.2, 0) is 0 Å². The Labute approximate surface area is 97.2 Å². The van der Waals surface area contributed by atoms with E-state index in [9.17, 15) is 5.11 Å². The van der Waals surface area contributed by atoms with Crippen molar-refractivity contribution in [3.05, 3.63) is 35.9 Å². The Hall–Kier alpha value is -1.15. The molecule has 1 aromatic rings. The third-order valence-electron chi connectivity index (χ3n) is 3.16. The highest BCUT2D eigenvalue weighted by molar-refractivity contribution is 5.51. The Morgan fingerprint density at radius 2 is 2.00 bits per heavy atom. The molecule has 2 rings (SSSR count). The molecule has 16 heavy (non-hydrogen) atoms. The van der Waals surface area contributed by atoms with E-state index >= 15 is 0 Å². The van der Waals surface area contributed by atoms with Crippen molar-refractivity contribution in [3.63, 3.8) is 0 Å². The van der Waals surface area contributed by atoms with E-state index in [1.54, 1.807) is 0 Å². The van der Waals surface area contributed by atoms with Crippen LogP contribution in [0.4, 0.5) is 0 Å². The molecule has 2 nitrogen and oxygen atoms in total. The van der Waals surface area contributed by atoms with E-state index < -0.39 is 0 Å². The molecule has 1 heterocycles. The summed E-state index contributed by atoms with van der Waals surface area (Å²) < 4.78 is 2.34. The Morgan fingerprint density at radius 3 is 2.69 bits per heavy atom. The van der Waals surface area contributed by atoms with Gasteiger partial charge in [0.15, 0.2) is 0 Å². The first kappa shape index (κ1) is 11.3. The van der Waals surface area contributed by atoms with Gasteiger partial charge in [0.2, 0.25) is 0 Å². The largest absolute Gasteiger partial charge is 0.388 e. The second kappa shape index (κ2) is 5.80. The van der Waals surface area contributed by atoms with Gasteiger partial charge in [0.1, 0.15) is 19.3 Å². The smallest absolute Gasteiger partial charge is 0.145 e. The van der Waals surface area contributed by atoms with Crippen molar-refractivity contribution in [2.45, 2.75) is 31.8 Å². The van der Waals surface area contributed by atoms with Crippen molar-refractivity contribution in [2.24, 2.45) is 0 Å². The topological polar surface area (TPSA) is 23.2 Å². The van der Waals surface area contributed by atoms with Crippen LogP contribution in [0.5, 0.6) is 0 Å². The molecule has 1 aliphatic rings. The number of rotatable bonds is 4. The molecule has 2 heteroatoms. The first-order chi connectivity index (χ1) is 7.86. The Bertz CT molecular complexity index is 345. The number of aliphatic hydroxyl groups excluding tert-OH is 1. The molecule has 0 aromatic heterocycles. The maximum absolute atomic E-state index is 10.0. The summed E-state index contributed by atoms with van der Waals surface area (Å²) in [6, 6.07) is 9.92. The minimum absolute atomic E-state index is 0.323. The Kier molecular flexibility index (Phi) is 4.11. The molecular weight excluding hydrogens is 198 g/mol. The van der Waals surface area contributed by atoms with Gasteiger partial charge >= 0.3 is 0 Å². The van der Waals surface area contributed by atoms with E-state index in [-0.39, 0.29) is 6.10 Å². The second-order valence-corrected chi connectivity index (χ2v) is 4.43. The molecule has 1 aliphatic heterocycles. The zero-order valence-corrected chi connectivity index (χ0v) is 9.68. The molecule has 0 saturated heterocycles. The van der Waals surface area contributed by atoms with Gasteiger partial charge in [-0.05, 0) is 12.0 Å². The summed E-state index contributed by atoms with van der Waals surface area (Å²) >= 11 is 0. The van der Waals surface area contributed by atoms with Crippen molar-refractivity contribution in [1.82, 2.24) is 0 Å². The van der Waals surface area contributed by atoms with Crippen molar-refractivity contribution in [1.29, 1.82) is 0 Å². The zero-order valence-electron chi connectivity index (χ0n) is 9.68. The van der Waals surface area contributed by atoms with E-state index in [0.717, 1.165) is 25.1 Å². The summed E-state index contributed by atoms with van der Waals surface area (Å²) in [6.45, 7) is 2.12. The monoisotopic (exact) mass is 218 g/mol. The van der Waals surface area contributed by atoms with Crippen LogP contribution < -0.4 is 0 Å². The number of benzene rings is 1. The van der Waals surface area contributed by atoms with Crippen LogP contribution in [0.1, 0.15) is 37.4 Å². The van der Waals surface area contributed by atoms with Gasteiger partial charge in [0.05, 0.1) is 6.10 Å². The predicted molar refractivity (Wildman–Crippen MR) is 65.9 cm³/mol. The highest BCUT2D eigenvalue weighted by atomic mass is 16.3. The summed E-state index contributed by atoms with van der Waals surface area (Å²) in [4.78, 5) is 0. The average molecular weight is 218 g/mol. The van der Waals surface area contributed by atoms with Gasteiger partial charge in [0.25, 0.3) is 0 Å². The normalized spacial score (nSPS) is 17.9. The standard InChI is InChI=1S/C14H20NO/c16-14(13-7-3-1-4-8-13)9-12-15-10-5-2-6-11-15/h1,3-4,7-8,10,14,16H,2,5-6,9,11-12H2/q+1. The maximum atomic E-state index is 10.0. The van der Waals surface area contributed by atoms with E-state index in [0.29, 0.717) is 0 Å². The lowest BCUT2D eigenvalue weighted by Crippen LogP contribution is -2.21. The number of hydrogen-bond donors (Lipinski definition) is 1. The Balaban J connectivity index is 1.84. The number of hydrogen-bond acceptors (Lipinski definition) is 1. The summed E-state index contributed by atoms with van der Waals surface area (Å²) in [6.07, 6.45) is 6.58. The van der Waals surface area contributed by atoms with Gasteiger partial charge in [-0.25, -0.2) is 4.58 Å². The van der Waals surface area contributed by atoms with Gasteiger partial charge in [-0.2, -0.15) is 0 Å². The van der Waals surface area contributed by atoms with Crippen molar-refractivity contribution >= 4 is 6.21 Å². The minimum Gasteiger partial charge on any atom is -0.388 e. The van der Waals surface area contributed by atoms with Crippen LogP contribution >= 0.6 is 0 Å². The molecule has 0 aliphatic carbocycles. The molecule has 0 bridgehead atoms. The summed E-state index contributed by atoms with van der Waals surface area (Å²) in [5.41, 5.74) is 1.03. The second-order valence-electron chi connectivity index (χ2n) is 4.43. The predicted octanol–water partition coefficient (Wildman–Crippen LogP) is 2.38. The van der Waals surface area contributed by atoms with Crippen molar-refractivity contribution in [2.75, 3.05) is 13.1 Å². The van der Waals surface area contributed by atoms with Crippen molar-refractivity contribution < 1.29 is 9.68 Å². The summed E-state index contributed by atoms with van der Waals surface area (Å²) in [5.74, 6) is 0. The summed E-state index contributed by atoms with van der Waals surface area (Å²) in [5, 5.41) is 10.0. The highest BCUT2D eigenvalue weighted by Crippen LogP contribution is 2.16. The third kappa shape index (κ3) is 3.17. The fourth-order valence-electron chi connectivity index (χ4n) is 2.16. The molecule has 1 atom stereocenters.